The third-order valence-corrected chi connectivity index (χ3v) is 2.99. The van der Waals surface area contributed by atoms with E-state index in [1.807, 2.05) is 25.1 Å². The third-order valence-electron chi connectivity index (χ3n) is 2.99. The van der Waals surface area contributed by atoms with Crippen molar-refractivity contribution < 1.29 is 4.52 Å². The first kappa shape index (κ1) is 14.0. The highest BCUT2D eigenvalue weighted by Crippen LogP contribution is 2.13. The molecule has 0 aliphatic carbocycles. The van der Waals surface area contributed by atoms with Crippen LogP contribution in [0.25, 0.3) is 0 Å². The molecule has 0 radical (unpaired) electrons. The van der Waals surface area contributed by atoms with Crippen LogP contribution in [-0.4, -0.2) is 26.9 Å². The first-order valence-corrected chi connectivity index (χ1v) is 6.97. The summed E-state index contributed by atoms with van der Waals surface area (Å²) in [5.74, 6) is 2.31. The quantitative estimate of drug-likeness (QED) is 0.722. The van der Waals surface area contributed by atoms with E-state index in [1.54, 1.807) is 12.3 Å². The van der Waals surface area contributed by atoms with Crippen LogP contribution in [0.15, 0.2) is 47.1 Å². The predicted molar refractivity (Wildman–Crippen MR) is 83.0 cm³/mol. The maximum absolute atomic E-state index is 4.98. The van der Waals surface area contributed by atoms with Crippen LogP contribution in [0.1, 0.15) is 11.3 Å². The Hall–Kier alpha value is -2.96. The zero-order valence-electron chi connectivity index (χ0n) is 12.2. The molecule has 0 spiro atoms. The highest BCUT2D eigenvalue weighted by molar-refractivity contribution is 5.48. The molecule has 0 aliphatic rings. The topological polar surface area (TPSA) is 88.8 Å². The smallest absolute Gasteiger partial charge is 0.250 e. The van der Waals surface area contributed by atoms with Crippen LogP contribution in [0.2, 0.25) is 0 Å². The summed E-state index contributed by atoms with van der Waals surface area (Å²) in [6, 6.07) is 12.0. The lowest BCUT2D eigenvalue weighted by molar-refractivity contribution is 0.400. The molecule has 112 valence electrons. The molecule has 0 unspecified atom stereocenters. The molecule has 2 N–H and O–H groups in total. The molecular formula is C15H16N6O. The van der Waals surface area contributed by atoms with E-state index in [2.05, 4.69) is 43.1 Å². The first-order valence-electron chi connectivity index (χ1n) is 6.97. The second-order valence-electron chi connectivity index (χ2n) is 4.78. The summed E-state index contributed by atoms with van der Waals surface area (Å²) in [4.78, 5) is 4.33. The van der Waals surface area contributed by atoms with E-state index >= 15 is 0 Å². The fraction of sp³-hybridized carbons (Fsp3) is 0.200. The van der Waals surface area contributed by atoms with Gasteiger partial charge in [0.05, 0.1) is 6.20 Å². The molecule has 0 saturated carbocycles. The van der Waals surface area contributed by atoms with Gasteiger partial charge < -0.3 is 15.2 Å². The molecular weight excluding hydrogens is 280 g/mol. The van der Waals surface area contributed by atoms with Gasteiger partial charge in [0.25, 0.3) is 0 Å². The fourth-order valence-corrected chi connectivity index (χ4v) is 1.96. The molecule has 1 aromatic carbocycles. The number of aryl methyl sites for hydroxylation is 1. The van der Waals surface area contributed by atoms with Crippen LogP contribution in [0.4, 0.5) is 17.6 Å². The summed E-state index contributed by atoms with van der Waals surface area (Å²) >= 11 is 0. The molecule has 3 aromatic rings. The highest BCUT2D eigenvalue weighted by Gasteiger charge is 2.04. The average molecular weight is 296 g/mol. The van der Waals surface area contributed by atoms with Crippen LogP contribution in [0, 0.1) is 6.92 Å². The molecule has 0 bridgehead atoms. The van der Waals surface area contributed by atoms with Crippen molar-refractivity contribution in [3.05, 3.63) is 53.9 Å². The molecule has 3 rings (SSSR count). The second-order valence-corrected chi connectivity index (χ2v) is 4.78. The lowest BCUT2D eigenvalue weighted by Crippen LogP contribution is -2.08. The maximum atomic E-state index is 4.98. The van der Waals surface area contributed by atoms with Gasteiger partial charge in [-0.15, -0.1) is 5.10 Å². The van der Waals surface area contributed by atoms with Crippen molar-refractivity contribution in [3.8, 4) is 0 Å². The van der Waals surface area contributed by atoms with Gasteiger partial charge in [0.1, 0.15) is 5.76 Å². The Morgan fingerprint density at radius 1 is 1.14 bits per heavy atom. The number of nitrogens with one attached hydrogen (secondary N) is 2. The van der Waals surface area contributed by atoms with E-state index in [9.17, 15) is 0 Å². The minimum Gasteiger partial charge on any atom is -0.368 e. The summed E-state index contributed by atoms with van der Waals surface area (Å²) in [7, 11) is 0. The van der Waals surface area contributed by atoms with Gasteiger partial charge in [-0.3, -0.25) is 0 Å². The Kier molecular flexibility index (Phi) is 4.24. The SMILES string of the molecule is Cc1cc(Nc2nncc(NCCc3ccccc3)n2)no1. The van der Waals surface area contributed by atoms with Gasteiger partial charge in [-0.1, -0.05) is 35.5 Å². The summed E-state index contributed by atoms with van der Waals surface area (Å²) in [6.07, 6.45) is 2.50. The van der Waals surface area contributed by atoms with Gasteiger partial charge >= 0.3 is 0 Å². The Balaban J connectivity index is 1.57. The second kappa shape index (κ2) is 6.66. The van der Waals surface area contributed by atoms with Crippen molar-refractivity contribution in [2.45, 2.75) is 13.3 Å². The zero-order valence-corrected chi connectivity index (χ0v) is 12.2. The van der Waals surface area contributed by atoms with Gasteiger partial charge in [-0.05, 0) is 18.9 Å². The van der Waals surface area contributed by atoms with Crippen molar-refractivity contribution in [3.63, 3.8) is 0 Å². The lowest BCUT2D eigenvalue weighted by Gasteiger charge is -2.06. The van der Waals surface area contributed by atoms with Crippen LogP contribution < -0.4 is 10.6 Å². The van der Waals surface area contributed by atoms with Crippen LogP contribution in [0.3, 0.4) is 0 Å². The van der Waals surface area contributed by atoms with E-state index in [4.69, 9.17) is 4.52 Å². The largest absolute Gasteiger partial charge is 0.368 e. The Morgan fingerprint density at radius 2 is 2.00 bits per heavy atom. The number of anilines is 3. The molecule has 7 heteroatoms. The summed E-state index contributed by atoms with van der Waals surface area (Å²) in [6.45, 7) is 2.59. The van der Waals surface area contributed by atoms with Crippen molar-refractivity contribution >= 4 is 17.6 Å². The molecule has 2 aromatic heterocycles. The summed E-state index contributed by atoms with van der Waals surface area (Å²) in [5, 5.41) is 17.8. The Morgan fingerprint density at radius 3 is 2.77 bits per heavy atom. The number of hydrogen-bond acceptors (Lipinski definition) is 7. The standard InChI is InChI=1S/C15H16N6O/c1-11-9-13(21-22-11)18-15-19-14(10-17-20-15)16-8-7-12-5-3-2-4-6-12/h2-6,9-10H,7-8H2,1H3,(H2,16,18,19,20,21). The Bertz CT molecular complexity index is 728. The number of nitrogens with zero attached hydrogens (tertiary/aromatic N) is 4. The number of rotatable bonds is 6. The molecule has 0 atom stereocenters. The van der Waals surface area contributed by atoms with E-state index in [1.165, 1.54) is 5.56 Å². The van der Waals surface area contributed by atoms with Gasteiger partial charge in [-0.2, -0.15) is 10.1 Å². The molecule has 0 aliphatic heterocycles. The lowest BCUT2D eigenvalue weighted by atomic mass is 10.1. The van der Waals surface area contributed by atoms with Crippen molar-refractivity contribution in [1.29, 1.82) is 0 Å². The van der Waals surface area contributed by atoms with Gasteiger partial charge in [0, 0.05) is 12.6 Å². The minimum absolute atomic E-state index is 0.373. The number of aromatic nitrogens is 4. The van der Waals surface area contributed by atoms with Crippen molar-refractivity contribution in [2.24, 2.45) is 0 Å². The van der Waals surface area contributed by atoms with E-state index in [0.717, 1.165) is 13.0 Å². The summed E-state index contributed by atoms with van der Waals surface area (Å²) < 4.78 is 4.98. The molecule has 0 amide bonds. The Labute approximate surface area is 127 Å². The van der Waals surface area contributed by atoms with E-state index in [-0.39, 0.29) is 0 Å². The number of hydrogen-bond donors (Lipinski definition) is 2. The highest BCUT2D eigenvalue weighted by atomic mass is 16.5. The number of benzene rings is 1. The molecule has 7 nitrogen and oxygen atoms in total. The fourth-order valence-electron chi connectivity index (χ4n) is 1.96. The van der Waals surface area contributed by atoms with E-state index < -0.39 is 0 Å². The monoisotopic (exact) mass is 296 g/mol. The molecule has 0 fully saturated rings. The van der Waals surface area contributed by atoms with Gasteiger partial charge in [0.2, 0.25) is 5.95 Å². The first-order chi connectivity index (χ1) is 10.8. The third kappa shape index (κ3) is 3.78. The zero-order chi connectivity index (χ0) is 15.2. The van der Waals surface area contributed by atoms with Crippen LogP contribution in [0.5, 0.6) is 0 Å². The predicted octanol–water partition coefficient (Wildman–Crippen LogP) is 2.57. The normalized spacial score (nSPS) is 10.4. The minimum atomic E-state index is 0.373. The van der Waals surface area contributed by atoms with Crippen LogP contribution in [-0.2, 0) is 6.42 Å². The average Bonchev–Trinajstić information content (AvgIpc) is 2.94. The van der Waals surface area contributed by atoms with Crippen molar-refractivity contribution in [2.75, 3.05) is 17.2 Å². The summed E-state index contributed by atoms with van der Waals surface area (Å²) in [5.41, 5.74) is 1.27. The molecule has 2 heterocycles. The van der Waals surface area contributed by atoms with Gasteiger partial charge in [-0.25, -0.2) is 0 Å². The maximum Gasteiger partial charge on any atom is 0.250 e. The molecule has 0 saturated heterocycles. The van der Waals surface area contributed by atoms with Crippen molar-refractivity contribution in [1.82, 2.24) is 20.3 Å². The van der Waals surface area contributed by atoms with E-state index in [0.29, 0.717) is 23.3 Å². The molecule has 22 heavy (non-hydrogen) atoms. The van der Waals surface area contributed by atoms with Crippen LogP contribution >= 0.6 is 0 Å². The van der Waals surface area contributed by atoms with Gasteiger partial charge in [0.15, 0.2) is 11.6 Å².